The van der Waals surface area contributed by atoms with Gasteiger partial charge in [-0.25, -0.2) is 4.68 Å². The van der Waals surface area contributed by atoms with Crippen LogP contribution in [-0.4, -0.2) is 15.7 Å². The Morgan fingerprint density at radius 3 is 2.69 bits per heavy atom. The number of hydrogen-bond donors (Lipinski definition) is 1. The molecule has 5 nitrogen and oxygen atoms in total. The Morgan fingerprint density at radius 1 is 1.27 bits per heavy atom. The molecule has 0 aliphatic heterocycles. The molecule has 0 aliphatic carbocycles. The van der Waals surface area contributed by atoms with E-state index in [1.165, 1.54) is 11.3 Å². The molecule has 3 aromatic rings. The fourth-order valence-corrected chi connectivity index (χ4v) is 3.79. The molecule has 26 heavy (non-hydrogen) atoms. The van der Waals surface area contributed by atoms with Crippen LogP contribution in [0.5, 0.6) is 5.75 Å². The standard InChI is InChI=1S/C18H17Cl2N3O2S/c1-10-6-7-26-17(10)18(24)21-16-11(2)22-23(12(16)3)9-25-15-5-4-13(19)8-14(15)20/h4-8H,9H2,1-3H3,(H,21,24). The third-order valence-electron chi connectivity index (χ3n) is 3.92. The lowest BCUT2D eigenvalue weighted by Gasteiger charge is -2.10. The Morgan fingerprint density at radius 2 is 2.04 bits per heavy atom. The molecule has 2 heterocycles. The fraction of sp³-hybridized carbons (Fsp3) is 0.222. The highest BCUT2D eigenvalue weighted by Gasteiger charge is 2.17. The van der Waals surface area contributed by atoms with Crippen molar-refractivity contribution >= 4 is 46.1 Å². The molecule has 0 atom stereocenters. The molecule has 0 spiro atoms. The Labute approximate surface area is 165 Å². The lowest BCUT2D eigenvalue weighted by atomic mass is 10.2. The van der Waals surface area contributed by atoms with E-state index in [1.54, 1.807) is 22.9 Å². The summed E-state index contributed by atoms with van der Waals surface area (Å²) in [6.45, 7) is 5.81. The summed E-state index contributed by atoms with van der Waals surface area (Å²) in [4.78, 5) is 13.2. The van der Waals surface area contributed by atoms with Gasteiger partial charge in [-0.3, -0.25) is 4.79 Å². The van der Waals surface area contributed by atoms with E-state index in [-0.39, 0.29) is 12.6 Å². The first-order valence-electron chi connectivity index (χ1n) is 7.84. The molecule has 8 heteroatoms. The van der Waals surface area contributed by atoms with Gasteiger partial charge < -0.3 is 10.1 Å². The molecule has 0 fully saturated rings. The molecule has 0 bridgehead atoms. The summed E-state index contributed by atoms with van der Waals surface area (Å²) in [7, 11) is 0. The second kappa shape index (κ2) is 7.70. The number of ether oxygens (including phenoxy) is 1. The van der Waals surface area contributed by atoms with E-state index in [2.05, 4.69) is 10.4 Å². The minimum atomic E-state index is -0.134. The van der Waals surface area contributed by atoms with Crippen LogP contribution >= 0.6 is 34.5 Å². The number of nitrogens with zero attached hydrogens (tertiary/aromatic N) is 2. The minimum Gasteiger partial charge on any atom is -0.470 e. The number of carbonyl (C=O) groups is 1. The number of hydrogen-bond acceptors (Lipinski definition) is 4. The van der Waals surface area contributed by atoms with Gasteiger partial charge >= 0.3 is 0 Å². The van der Waals surface area contributed by atoms with Gasteiger partial charge in [0.1, 0.15) is 5.75 Å². The van der Waals surface area contributed by atoms with Crippen molar-refractivity contribution in [3.05, 3.63) is 61.5 Å². The number of aryl methyl sites for hydroxylation is 2. The van der Waals surface area contributed by atoms with E-state index in [1.807, 2.05) is 32.2 Å². The Balaban J connectivity index is 1.75. The summed E-state index contributed by atoms with van der Waals surface area (Å²) in [5.41, 5.74) is 3.16. The number of anilines is 1. The molecular formula is C18H17Cl2N3O2S. The SMILES string of the molecule is Cc1ccsc1C(=O)Nc1c(C)nn(COc2ccc(Cl)cc2Cl)c1C. The quantitative estimate of drug-likeness (QED) is 0.607. The molecular weight excluding hydrogens is 393 g/mol. The van der Waals surface area contributed by atoms with Crippen LogP contribution in [-0.2, 0) is 6.73 Å². The van der Waals surface area contributed by atoms with Crippen LogP contribution < -0.4 is 10.1 Å². The summed E-state index contributed by atoms with van der Waals surface area (Å²) in [6, 6.07) is 6.96. The summed E-state index contributed by atoms with van der Waals surface area (Å²) in [5, 5.41) is 10.3. The Kier molecular flexibility index (Phi) is 5.55. The smallest absolute Gasteiger partial charge is 0.266 e. The van der Waals surface area contributed by atoms with Crippen LogP contribution in [0.3, 0.4) is 0 Å². The lowest BCUT2D eigenvalue weighted by Crippen LogP contribution is -2.13. The van der Waals surface area contributed by atoms with Gasteiger partial charge in [-0.1, -0.05) is 23.2 Å². The van der Waals surface area contributed by atoms with Gasteiger partial charge in [-0.05, 0) is 56.0 Å². The van der Waals surface area contributed by atoms with Crippen molar-refractivity contribution in [3.8, 4) is 5.75 Å². The molecule has 0 radical (unpaired) electrons. The van der Waals surface area contributed by atoms with Gasteiger partial charge in [0.15, 0.2) is 6.73 Å². The first-order valence-corrected chi connectivity index (χ1v) is 9.47. The molecule has 1 N–H and O–H groups in total. The van der Waals surface area contributed by atoms with Crippen LogP contribution in [0.4, 0.5) is 5.69 Å². The van der Waals surface area contributed by atoms with Crippen molar-refractivity contribution in [2.24, 2.45) is 0 Å². The zero-order valence-corrected chi connectivity index (χ0v) is 16.8. The number of nitrogens with one attached hydrogen (secondary N) is 1. The average Bonchev–Trinajstić information content (AvgIpc) is 3.12. The van der Waals surface area contributed by atoms with Crippen LogP contribution in [0, 0.1) is 20.8 Å². The molecule has 3 rings (SSSR count). The average molecular weight is 410 g/mol. The monoisotopic (exact) mass is 409 g/mol. The molecule has 1 amide bonds. The maximum absolute atomic E-state index is 12.5. The molecule has 0 aliphatic rings. The van der Waals surface area contributed by atoms with E-state index in [9.17, 15) is 4.79 Å². The van der Waals surface area contributed by atoms with Gasteiger partial charge in [-0.15, -0.1) is 11.3 Å². The Bertz CT molecular complexity index is 965. The summed E-state index contributed by atoms with van der Waals surface area (Å²) < 4.78 is 7.40. The van der Waals surface area contributed by atoms with Crippen molar-refractivity contribution in [2.45, 2.75) is 27.5 Å². The maximum Gasteiger partial charge on any atom is 0.266 e. The number of rotatable bonds is 5. The van der Waals surface area contributed by atoms with Crippen LogP contribution in [0.1, 0.15) is 26.6 Å². The van der Waals surface area contributed by atoms with Crippen molar-refractivity contribution in [1.29, 1.82) is 0 Å². The number of aromatic nitrogens is 2. The van der Waals surface area contributed by atoms with Crippen molar-refractivity contribution < 1.29 is 9.53 Å². The van der Waals surface area contributed by atoms with Crippen LogP contribution in [0.25, 0.3) is 0 Å². The summed E-state index contributed by atoms with van der Waals surface area (Å²) >= 11 is 13.4. The third kappa shape index (κ3) is 3.87. The summed E-state index contributed by atoms with van der Waals surface area (Å²) in [5.74, 6) is 0.383. The number of benzene rings is 1. The van der Waals surface area contributed by atoms with Gasteiger partial charge in [-0.2, -0.15) is 5.10 Å². The second-order valence-corrected chi connectivity index (χ2v) is 7.54. The van der Waals surface area contributed by atoms with Crippen molar-refractivity contribution in [3.63, 3.8) is 0 Å². The van der Waals surface area contributed by atoms with E-state index in [0.29, 0.717) is 26.4 Å². The third-order valence-corrected chi connectivity index (χ3v) is 5.47. The van der Waals surface area contributed by atoms with Crippen LogP contribution in [0.15, 0.2) is 29.6 Å². The molecule has 2 aromatic heterocycles. The van der Waals surface area contributed by atoms with E-state index < -0.39 is 0 Å². The van der Waals surface area contributed by atoms with E-state index >= 15 is 0 Å². The number of halogens is 2. The number of carbonyl (C=O) groups excluding carboxylic acids is 1. The minimum absolute atomic E-state index is 0.134. The topological polar surface area (TPSA) is 56.2 Å². The van der Waals surface area contributed by atoms with Crippen LogP contribution in [0.2, 0.25) is 10.0 Å². The number of thiophene rings is 1. The number of amides is 1. The summed E-state index contributed by atoms with van der Waals surface area (Å²) in [6.07, 6.45) is 0. The van der Waals surface area contributed by atoms with Crippen molar-refractivity contribution in [2.75, 3.05) is 5.32 Å². The zero-order chi connectivity index (χ0) is 18.8. The predicted octanol–water partition coefficient (Wildman–Crippen LogP) is 5.47. The highest BCUT2D eigenvalue weighted by molar-refractivity contribution is 7.12. The molecule has 136 valence electrons. The lowest BCUT2D eigenvalue weighted by molar-refractivity contribution is 0.103. The predicted molar refractivity (Wildman–Crippen MR) is 106 cm³/mol. The molecule has 0 saturated heterocycles. The largest absolute Gasteiger partial charge is 0.470 e. The molecule has 0 unspecified atom stereocenters. The molecule has 1 aromatic carbocycles. The fourth-order valence-electron chi connectivity index (χ4n) is 2.50. The van der Waals surface area contributed by atoms with Gasteiger partial charge in [0.2, 0.25) is 0 Å². The van der Waals surface area contributed by atoms with Gasteiger partial charge in [0.25, 0.3) is 5.91 Å². The zero-order valence-electron chi connectivity index (χ0n) is 14.5. The van der Waals surface area contributed by atoms with Crippen molar-refractivity contribution in [1.82, 2.24) is 9.78 Å². The van der Waals surface area contributed by atoms with Gasteiger partial charge in [0.05, 0.1) is 27.0 Å². The maximum atomic E-state index is 12.5. The second-order valence-electron chi connectivity index (χ2n) is 5.78. The Hall–Kier alpha value is -2.02. The van der Waals surface area contributed by atoms with Gasteiger partial charge in [0, 0.05) is 5.02 Å². The molecule has 0 saturated carbocycles. The van der Waals surface area contributed by atoms with E-state index in [0.717, 1.165) is 17.0 Å². The normalized spacial score (nSPS) is 10.8. The highest BCUT2D eigenvalue weighted by atomic mass is 35.5. The first-order chi connectivity index (χ1) is 12.4. The first kappa shape index (κ1) is 18.8. The van der Waals surface area contributed by atoms with E-state index in [4.69, 9.17) is 27.9 Å². The highest BCUT2D eigenvalue weighted by Crippen LogP contribution is 2.28.